The Balaban J connectivity index is 2.67. The smallest absolute Gasteiger partial charge is 0.423 e. The van der Waals surface area contributed by atoms with Crippen LogP contribution in [0.15, 0.2) is 91.0 Å². The molecule has 3 aromatic rings. The molecule has 1 N–H and O–H groups in total. The number of rotatable bonds is 8. The van der Waals surface area contributed by atoms with Gasteiger partial charge >= 0.3 is 12.1 Å². The van der Waals surface area contributed by atoms with E-state index in [-0.39, 0.29) is 0 Å². The molecule has 3 nitrogen and oxygen atoms in total. The Morgan fingerprint density at radius 2 is 1.16 bits per heavy atom. The standard InChI is InChI=1S/C30H34ClF3O3P/c1-22(2)21-28(36,30(32,33)34)29(31,26(35)37-27(3,4)5)38(23-15-9-6-10-16-23,24-17-11-7-12-18-24)25-19-13-8-14-20-25/h6-20,22,36H,21H2,1-5H3/q+1. The van der Waals surface area contributed by atoms with Gasteiger partial charge in [-0.05, 0) is 69.5 Å². The topological polar surface area (TPSA) is 46.5 Å². The quantitative estimate of drug-likeness (QED) is 0.190. The van der Waals surface area contributed by atoms with Crippen LogP contribution < -0.4 is 15.9 Å². The molecule has 0 heterocycles. The summed E-state index contributed by atoms with van der Waals surface area (Å²) in [5.74, 6) is -1.98. The minimum absolute atomic E-state index is 0.407. The molecule has 0 spiro atoms. The van der Waals surface area contributed by atoms with Gasteiger partial charge in [0.05, 0.1) is 0 Å². The number of hydrogen-bond donors (Lipinski definition) is 1. The number of aliphatic hydroxyl groups is 1. The van der Waals surface area contributed by atoms with E-state index < -0.39 is 47.6 Å². The van der Waals surface area contributed by atoms with E-state index in [1.54, 1.807) is 126 Å². The van der Waals surface area contributed by atoms with Gasteiger partial charge < -0.3 is 9.84 Å². The van der Waals surface area contributed by atoms with Crippen molar-refractivity contribution in [3.8, 4) is 0 Å². The van der Waals surface area contributed by atoms with Crippen molar-refractivity contribution in [1.29, 1.82) is 0 Å². The highest BCUT2D eigenvalue weighted by Crippen LogP contribution is 2.74. The van der Waals surface area contributed by atoms with Crippen molar-refractivity contribution >= 4 is 40.7 Å². The number of carbonyl (C=O) groups excluding carboxylic acids is 1. The molecule has 3 aromatic carbocycles. The van der Waals surface area contributed by atoms with Gasteiger partial charge in [-0.25, -0.2) is 4.79 Å². The molecule has 204 valence electrons. The molecular weight excluding hydrogens is 532 g/mol. The number of benzene rings is 3. The lowest BCUT2D eigenvalue weighted by Gasteiger charge is -2.48. The number of esters is 1. The van der Waals surface area contributed by atoms with E-state index in [1.807, 2.05) is 0 Å². The lowest BCUT2D eigenvalue weighted by atomic mass is 9.87. The summed E-state index contributed by atoms with van der Waals surface area (Å²) in [6.07, 6.45) is -6.09. The zero-order valence-corrected chi connectivity index (χ0v) is 23.8. The molecule has 2 atom stereocenters. The summed E-state index contributed by atoms with van der Waals surface area (Å²) in [5, 5.41) is 13.2. The monoisotopic (exact) mass is 565 g/mol. The van der Waals surface area contributed by atoms with E-state index in [4.69, 9.17) is 16.3 Å². The summed E-state index contributed by atoms with van der Waals surface area (Å²) >= 11 is 7.36. The van der Waals surface area contributed by atoms with Crippen LogP contribution in [0.3, 0.4) is 0 Å². The van der Waals surface area contributed by atoms with Crippen molar-refractivity contribution in [2.45, 2.75) is 63.0 Å². The second kappa shape index (κ2) is 11.0. The summed E-state index contributed by atoms with van der Waals surface area (Å²) in [7, 11) is -3.87. The Labute approximate surface area is 228 Å². The molecule has 0 saturated carbocycles. The fourth-order valence-electron chi connectivity index (χ4n) is 4.89. The van der Waals surface area contributed by atoms with Gasteiger partial charge in [0.2, 0.25) is 5.60 Å². The number of halogens is 4. The van der Waals surface area contributed by atoms with Crippen molar-refractivity contribution in [2.24, 2.45) is 5.92 Å². The minimum atomic E-state index is -5.28. The van der Waals surface area contributed by atoms with Gasteiger partial charge in [0, 0.05) is 0 Å². The maximum absolute atomic E-state index is 15.3. The second-order valence-corrected chi connectivity index (χ2v) is 15.1. The number of ether oxygens (including phenoxy) is 1. The predicted octanol–water partition coefficient (Wildman–Crippen LogP) is 6.60. The highest BCUT2D eigenvalue weighted by atomic mass is 35.5. The zero-order valence-electron chi connectivity index (χ0n) is 22.2. The first-order chi connectivity index (χ1) is 17.6. The van der Waals surface area contributed by atoms with E-state index in [0.717, 1.165) is 0 Å². The molecule has 8 heteroatoms. The second-order valence-electron chi connectivity index (χ2n) is 10.8. The highest BCUT2D eigenvalue weighted by Gasteiger charge is 2.83. The average Bonchev–Trinajstić information content (AvgIpc) is 2.84. The number of hydrogen-bond acceptors (Lipinski definition) is 3. The summed E-state index contributed by atoms with van der Waals surface area (Å²) in [5.41, 5.74) is -4.84. The third-order valence-corrected chi connectivity index (χ3v) is 12.2. The van der Waals surface area contributed by atoms with Crippen LogP contribution in [-0.4, -0.2) is 33.1 Å². The first-order valence-electron chi connectivity index (χ1n) is 12.4. The van der Waals surface area contributed by atoms with Crippen LogP contribution >= 0.6 is 18.9 Å². The SMILES string of the molecule is CC(C)CC(O)(C(F)(F)F)C(Cl)(C(=O)OC(C)(C)C)[P+](c1ccccc1)(c1ccccc1)c1ccccc1. The van der Waals surface area contributed by atoms with Crippen LogP contribution in [0.2, 0.25) is 0 Å². The van der Waals surface area contributed by atoms with Crippen molar-refractivity contribution < 1.29 is 27.8 Å². The summed E-state index contributed by atoms with van der Waals surface area (Å²) in [4.78, 5) is 14.3. The summed E-state index contributed by atoms with van der Waals surface area (Å²) in [6.45, 7) is 7.79. The molecular formula is C30H34ClF3O3P+. The molecule has 2 unspecified atom stereocenters. The van der Waals surface area contributed by atoms with E-state index in [2.05, 4.69) is 0 Å². The Kier molecular flexibility index (Phi) is 8.72. The van der Waals surface area contributed by atoms with Gasteiger partial charge in [-0.1, -0.05) is 80.0 Å². The lowest BCUT2D eigenvalue weighted by Crippen LogP contribution is -2.69. The molecule has 0 aliphatic carbocycles. The molecule has 0 aliphatic rings. The molecule has 0 amide bonds. The van der Waals surface area contributed by atoms with Gasteiger partial charge in [-0.2, -0.15) is 13.2 Å². The van der Waals surface area contributed by atoms with Crippen molar-refractivity contribution in [1.82, 2.24) is 0 Å². The number of alkyl halides is 4. The minimum Gasteiger partial charge on any atom is -0.456 e. The normalized spacial score (nSPS) is 16.0. The fourth-order valence-corrected chi connectivity index (χ4v) is 10.9. The van der Waals surface area contributed by atoms with Gasteiger partial charge in [-0.15, -0.1) is 0 Å². The maximum atomic E-state index is 15.3. The van der Waals surface area contributed by atoms with Gasteiger partial charge in [0.1, 0.15) is 28.8 Å². The highest BCUT2D eigenvalue weighted by molar-refractivity contribution is 7.98. The van der Waals surface area contributed by atoms with Crippen molar-refractivity contribution in [3.05, 3.63) is 91.0 Å². The van der Waals surface area contributed by atoms with E-state index in [0.29, 0.717) is 15.9 Å². The molecule has 0 fully saturated rings. The van der Waals surface area contributed by atoms with Crippen LogP contribution in [-0.2, 0) is 9.53 Å². The summed E-state index contributed by atoms with van der Waals surface area (Å²) < 4.78 is 48.6. The average molecular weight is 566 g/mol. The van der Waals surface area contributed by atoms with Crippen molar-refractivity contribution in [3.63, 3.8) is 0 Å². The fraction of sp³-hybridized carbons (Fsp3) is 0.367. The first kappa shape index (κ1) is 30.1. The molecule has 0 aliphatic heterocycles. The van der Waals surface area contributed by atoms with Gasteiger partial charge in [0.15, 0.2) is 0 Å². The molecule has 38 heavy (non-hydrogen) atoms. The van der Waals surface area contributed by atoms with Crippen LogP contribution in [0.4, 0.5) is 13.2 Å². The Bertz CT molecular complexity index is 1120. The largest absolute Gasteiger partial charge is 0.456 e. The van der Waals surface area contributed by atoms with Crippen LogP contribution in [0.5, 0.6) is 0 Å². The Morgan fingerprint density at radius 3 is 1.42 bits per heavy atom. The molecule has 0 saturated heterocycles. The van der Waals surface area contributed by atoms with Gasteiger partial charge in [0.25, 0.3) is 4.62 Å². The zero-order chi connectivity index (χ0) is 28.4. The maximum Gasteiger partial charge on any atom is 0.423 e. The predicted molar refractivity (Wildman–Crippen MR) is 150 cm³/mol. The third-order valence-electron chi connectivity index (χ3n) is 6.28. The Hall–Kier alpha value is -2.40. The van der Waals surface area contributed by atoms with E-state index >= 15 is 13.2 Å². The van der Waals surface area contributed by atoms with Crippen LogP contribution in [0.25, 0.3) is 0 Å². The summed E-state index contributed by atoms with van der Waals surface area (Å²) in [6, 6.07) is 25.4. The molecule has 0 radical (unpaired) electrons. The van der Waals surface area contributed by atoms with E-state index in [9.17, 15) is 9.90 Å². The van der Waals surface area contributed by atoms with Crippen LogP contribution in [0.1, 0.15) is 41.0 Å². The van der Waals surface area contributed by atoms with Crippen molar-refractivity contribution in [2.75, 3.05) is 0 Å². The molecule has 3 rings (SSSR count). The number of carbonyl (C=O) groups is 1. The first-order valence-corrected chi connectivity index (χ1v) is 14.6. The van der Waals surface area contributed by atoms with Crippen LogP contribution in [0, 0.1) is 5.92 Å². The lowest BCUT2D eigenvalue weighted by molar-refractivity contribution is -0.271. The third kappa shape index (κ3) is 5.23. The van der Waals surface area contributed by atoms with Gasteiger partial charge in [-0.3, -0.25) is 0 Å². The molecule has 0 bridgehead atoms. The Morgan fingerprint density at radius 1 is 0.816 bits per heavy atom. The van der Waals surface area contributed by atoms with E-state index in [1.165, 1.54) is 0 Å². The molecule has 0 aromatic heterocycles.